The maximum atomic E-state index is 11.8. The Hall–Kier alpha value is -1.10. The summed E-state index contributed by atoms with van der Waals surface area (Å²) < 4.78 is 0. The Labute approximate surface area is 96.6 Å². The third-order valence-corrected chi connectivity index (χ3v) is 2.89. The Balaban J connectivity index is 4.55. The first kappa shape index (κ1) is 14.9. The number of carbonyl (C=O) groups excluding carboxylic acids is 1. The molecule has 1 amide bonds. The molecule has 0 saturated heterocycles. The van der Waals surface area contributed by atoms with Crippen molar-refractivity contribution in [3.8, 4) is 0 Å². The fourth-order valence-corrected chi connectivity index (χ4v) is 1.31. The zero-order chi connectivity index (χ0) is 13.1. The van der Waals surface area contributed by atoms with E-state index in [-0.39, 0.29) is 23.8 Å². The molecule has 0 rings (SSSR count). The number of rotatable bonds is 4. The van der Waals surface area contributed by atoms with E-state index < -0.39 is 12.0 Å². The smallest absolute Gasteiger partial charge is 0.305 e. The zero-order valence-electron chi connectivity index (χ0n) is 10.7. The topological polar surface area (TPSA) is 83.6 Å². The van der Waals surface area contributed by atoms with Crippen LogP contribution in [0.3, 0.4) is 0 Å². The van der Waals surface area contributed by atoms with Crippen molar-refractivity contribution in [2.45, 2.75) is 46.2 Å². The minimum Gasteiger partial charge on any atom is -0.481 e. The van der Waals surface area contributed by atoms with Crippen LogP contribution in [0.15, 0.2) is 0 Å². The van der Waals surface area contributed by atoms with Crippen molar-refractivity contribution in [3.63, 3.8) is 0 Å². The van der Waals surface area contributed by atoms with Gasteiger partial charge in [-0.3, -0.25) is 9.59 Å². The van der Waals surface area contributed by atoms with E-state index in [1.165, 1.54) is 4.90 Å². The van der Waals surface area contributed by atoms with Gasteiger partial charge in [0.25, 0.3) is 0 Å². The number of carboxylic acids is 1. The largest absolute Gasteiger partial charge is 0.481 e. The van der Waals surface area contributed by atoms with Gasteiger partial charge in [-0.15, -0.1) is 0 Å². The van der Waals surface area contributed by atoms with Gasteiger partial charge in [0.2, 0.25) is 5.91 Å². The molecule has 0 aromatic rings. The van der Waals surface area contributed by atoms with Gasteiger partial charge in [0.05, 0.1) is 12.5 Å². The van der Waals surface area contributed by atoms with Crippen LogP contribution in [0.25, 0.3) is 0 Å². The standard InChI is InChI=1S/C11H22N2O3/c1-7(11(2,3)4)13(5)10(16)8(12)6-9(14)15/h7-8H,6,12H2,1-5H3,(H,14,15). The highest BCUT2D eigenvalue weighted by atomic mass is 16.4. The summed E-state index contributed by atoms with van der Waals surface area (Å²) in [5.74, 6) is -1.39. The summed E-state index contributed by atoms with van der Waals surface area (Å²) in [7, 11) is 1.65. The molecule has 0 aliphatic rings. The zero-order valence-corrected chi connectivity index (χ0v) is 10.7. The van der Waals surface area contributed by atoms with Gasteiger partial charge in [0.15, 0.2) is 0 Å². The highest BCUT2D eigenvalue weighted by molar-refractivity contribution is 5.86. The number of carboxylic acid groups (broad SMARTS) is 1. The molecule has 0 bridgehead atoms. The SMILES string of the molecule is CC(N(C)C(=O)C(N)CC(=O)O)C(C)(C)C. The van der Waals surface area contributed by atoms with E-state index in [2.05, 4.69) is 0 Å². The molecule has 0 heterocycles. The summed E-state index contributed by atoms with van der Waals surface area (Å²) in [6, 6.07) is -0.966. The average molecular weight is 230 g/mol. The third-order valence-electron chi connectivity index (χ3n) is 2.89. The number of nitrogens with zero attached hydrogens (tertiary/aromatic N) is 1. The average Bonchev–Trinajstić information content (AvgIpc) is 2.11. The normalized spacial score (nSPS) is 15.4. The van der Waals surface area contributed by atoms with Crippen LogP contribution in [-0.4, -0.2) is 41.0 Å². The maximum absolute atomic E-state index is 11.8. The number of hydrogen-bond acceptors (Lipinski definition) is 3. The molecule has 2 unspecified atom stereocenters. The molecule has 5 heteroatoms. The molecule has 0 radical (unpaired) electrons. The van der Waals surface area contributed by atoms with Crippen molar-refractivity contribution in [2.75, 3.05) is 7.05 Å². The van der Waals surface area contributed by atoms with Gasteiger partial charge in [0, 0.05) is 13.1 Å². The van der Waals surface area contributed by atoms with Gasteiger partial charge in [-0.2, -0.15) is 0 Å². The molecule has 0 aliphatic heterocycles. The number of likely N-dealkylation sites (N-methyl/N-ethyl adjacent to an activating group) is 1. The molecule has 0 fully saturated rings. The molecular weight excluding hydrogens is 208 g/mol. The monoisotopic (exact) mass is 230 g/mol. The molecule has 94 valence electrons. The Bertz CT molecular complexity index is 271. The molecular formula is C11H22N2O3. The van der Waals surface area contributed by atoms with Gasteiger partial charge in [-0.25, -0.2) is 0 Å². The van der Waals surface area contributed by atoms with Crippen molar-refractivity contribution in [3.05, 3.63) is 0 Å². The van der Waals surface area contributed by atoms with Gasteiger partial charge in [-0.1, -0.05) is 20.8 Å². The molecule has 0 aromatic carbocycles. The van der Waals surface area contributed by atoms with Gasteiger partial charge >= 0.3 is 5.97 Å². The second-order valence-corrected chi connectivity index (χ2v) is 5.20. The highest BCUT2D eigenvalue weighted by Crippen LogP contribution is 2.23. The Morgan fingerprint density at radius 1 is 1.38 bits per heavy atom. The van der Waals surface area contributed by atoms with Crippen LogP contribution in [0.2, 0.25) is 0 Å². The highest BCUT2D eigenvalue weighted by Gasteiger charge is 2.30. The summed E-state index contributed by atoms with van der Waals surface area (Å²) in [5, 5.41) is 8.56. The maximum Gasteiger partial charge on any atom is 0.305 e. The van der Waals surface area contributed by atoms with Crippen LogP contribution >= 0.6 is 0 Å². The molecule has 0 aliphatic carbocycles. The first-order valence-corrected chi connectivity index (χ1v) is 5.31. The number of carbonyl (C=O) groups is 2. The molecule has 5 nitrogen and oxygen atoms in total. The van der Waals surface area contributed by atoms with Gasteiger partial charge < -0.3 is 15.7 Å². The van der Waals surface area contributed by atoms with E-state index in [0.717, 1.165) is 0 Å². The van der Waals surface area contributed by atoms with E-state index in [0.29, 0.717) is 0 Å². The lowest BCUT2D eigenvalue weighted by Gasteiger charge is -2.36. The van der Waals surface area contributed by atoms with Gasteiger partial charge in [0.1, 0.15) is 0 Å². The molecule has 2 atom stereocenters. The number of hydrogen-bond donors (Lipinski definition) is 2. The first-order valence-electron chi connectivity index (χ1n) is 5.31. The Morgan fingerprint density at radius 2 is 1.81 bits per heavy atom. The molecule has 0 saturated carbocycles. The minimum atomic E-state index is -1.06. The van der Waals surface area contributed by atoms with Crippen molar-refractivity contribution in [1.82, 2.24) is 4.90 Å². The minimum absolute atomic E-state index is 0.000144. The predicted molar refractivity (Wildman–Crippen MR) is 61.9 cm³/mol. The summed E-state index contributed by atoms with van der Waals surface area (Å²) in [6.45, 7) is 7.98. The quantitative estimate of drug-likeness (QED) is 0.744. The summed E-state index contributed by atoms with van der Waals surface area (Å²) in [5.41, 5.74) is 5.47. The van der Waals surface area contributed by atoms with Crippen LogP contribution in [0, 0.1) is 5.41 Å². The fourth-order valence-electron chi connectivity index (χ4n) is 1.31. The van der Waals surface area contributed by atoms with Crippen LogP contribution in [0.1, 0.15) is 34.1 Å². The third kappa shape index (κ3) is 4.18. The molecule has 0 aromatic heterocycles. The molecule has 0 spiro atoms. The van der Waals surface area contributed by atoms with Crippen LogP contribution < -0.4 is 5.73 Å². The number of aliphatic carboxylic acids is 1. The van der Waals surface area contributed by atoms with Crippen molar-refractivity contribution in [2.24, 2.45) is 11.1 Å². The van der Waals surface area contributed by atoms with Crippen LogP contribution in [0.5, 0.6) is 0 Å². The van der Waals surface area contributed by atoms with Crippen LogP contribution in [-0.2, 0) is 9.59 Å². The lowest BCUT2D eigenvalue weighted by molar-refractivity contribution is -0.142. The Morgan fingerprint density at radius 3 is 2.12 bits per heavy atom. The Kier molecular flexibility index (Phi) is 4.93. The number of nitrogens with two attached hydrogens (primary N) is 1. The van der Waals surface area contributed by atoms with Crippen LogP contribution in [0.4, 0.5) is 0 Å². The molecule has 3 N–H and O–H groups in total. The van der Waals surface area contributed by atoms with Gasteiger partial charge in [-0.05, 0) is 12.3 Å². The second kappa shape index (κ2) is 5.30. The van der Waals surface area contributed by atoms with Crippen molar-refractivity contribution >= 4 is 11.9 Å². The summed E-state index contributed by atoms with van der Waals surface area (Å²) in [4.78, 5) is 23.8. The second-order valence-electron chi connectivity index (χ2n) is 5.20. The van der Waals surface area contributed by atoms with E-state index in [9.17, 15) is 9.59 Å². The first-order chi connectivity index (χ1) is 7.07. The van der Waals surface area contributed by atoms with Crippen molar-refractivity contribution in [1.29, 1.82) is 0 Å². The van der Waals surface area contributed by atoms with E-state index in [4.69, 9.17) is 10.8 Å². The lowest BCUT2D eigenvalue weighted by Crippen LogP contribution is -2.50. The molecule has 16 heavy (non-hydrogen) atoms. The van der Waals surface area contributed by atoms with Crippen molar-refractivity contribution < 1.29 is 14.7 Å². The van der Waals surface area contributed by atoms with E-state index in [1.54, 1.807) is 7.05 Å². The number of amides is 1. The fraction of sp³-hybridized carbons (Fsp3) is 0.818. The summed E-state index contributed by atoms with van der Waals surface area (Å²) >= 11 is 0. The lowest BCUT2D eigenvalue weighted by atomic mass is 9.87. The van der Waals surface area contributed by atoms with E-state index >= 15 is 0 Å². The predicted octanol–water partition coefficient (Wildman–Crippen LogP) is 0.681. The van der Waals surface area contributed by atoms with E-state index in [1.807, 2.05) is 27.7 Å². The summed E-state index contributed by atoms with van der Waals surface area (Å²) in [6.07, 6.45) is -0.333.